The summed E-state index contributed by atoms with van der Waals surface area (Å²) in [7, 11) is 3.71. The van der Waals surface area contributed by atoms with Gasteiger partial charge in [-0.3, -0.25) is 9.69 Å². The molecule has 23 heavy (non-hydrogen) atoms. The van der Waals surface area contributed by atoms with E-state index in [-0.39, 0.29) is 11.9 Å². The molecule has 1 heterocycles. The Morgan fingerprint density at radius 1 is 1.26 bits per heavy atom. The Labute approximate surface area is 140 Å². The van der Waals surface area contributed by atoms with E-state index in [1.165, 1.54) is 18.4 Å². The van der Waals surface area contributed by atoms with Crippen molar-refractivity contribution >= 4 is 5.91 Å². The topological polar surface area (TPSA) is 32.8 Å². The van der Waals surface area contributed by atoms with Crippen molar-refractivity contribution in [3.05, 3.63) is 29.3 Å². The molecule has 1 atom stereocenters. The first-order valence-electron chi connectivity index (χ1n) is 8.65. The number of benzene rings is 1. The molecule has 1 aromatic carbocycles. The predicted octanol–water partition coefficient (Wildman–Crippen LogP) is 3.23. The molecule has 1 aliphatic rings. The van der Waals surface area contributed by atoms with E-state index in [4.69, 9.17) is 4.74 Å². The number of likely N-dealkylation sites (tertiary alicyclic amines) is 1. The second-order valence-electron chi connectivity index (χ2n) is 6.65. The summed E-state index contributed by atoms with van der Waals surface area (Å²) < 4.78 is 5.45. The van der Waals surface area contributed by atoms with Gasteiger partial charge >= 0.3 is 0 Å². The van der Waals surface area contributed by atoms with E-state index in [1.54, 1.807) is 7.11 Å². The van der Waals surface area contributed by atoms with Gasteiger partial charge in [-0.1, -0.05) is 30.5 Å². The average Bonchev–Trinajstić information content (AvgIpc) is 2.83. The third-order valence-electron chi connectivity index (χ3n) is 4.79. The summed E-state index contributed by atoms with van der Waals surface area (Å²) in [6, 6.07) is 6.07. The Morgan fingerprint density at radius 3 is 2.52 bits per heavy atom. The van der Waals surface area contributed by atoms with Gasteiger partial charge in [-0.15, -0.1) is 0 Å². The quantitative estimate of drug-likeness (QED) is 0.835. The highest BCUT2D eigenvalue weighted by Crippen LogP contribution is 2.22. The van der Waals surface area contributed by atoms with Gasteiger partial charge in [-0.2, -0.15) is 0 Å². The van der Waals surface area contributed by atoms with Crippen LogP contribution < -0.4 is 4.74 Å². The van der Waals surface area contributed by atoms with Crippen LogP contribution in [0.5, 0.6) is 5.75 Å². The van der Waals surface area contributed by atoms with Crippen LogP contribution >= 0.6 is 0 Å². The van der Waals surface area contributed by atoms with E-state index < -0.39 is 0 Å². The normalized spacial score (nSPS) is 17.0. The van der Waals surface area contributed by atoms with Crippen molar-refractivity contribution in [2.75, 3.05) is 27.2 Å². The molecule has 1 unspecified atom stereocenters. The lowest BCUT2D eigenvalue weighted by atomic mass is 10.1. The molecule has 4 heteroatoms. The van der Waals surface area contributed by atoms with Crippen molar-refractivity contribution in [1.29, 1.82) is 0 Å². The molecule has 128 valence electrons. The number of likely N-dealkylation sites (N-methyl/N-ethyl adjacent to an activating group) is 1. The number of methoxy groups -OCH3 is 1. The fraction of sp³-hybridized carbons (Fsp3) is 0.632. The first-order valence-corrected chi connectivity index (χ1v) is 8.65. The zero-order valence-corrected chi connectivity index (χ0v) is 15.0. The fourth-order valence-electron chi connectivity index (χ4n) is 3.18. The van der Waals surface area contributed by atoms with E-state index in [2.05, 4.69) is 17.9 Å². The number of carbonyl (C=O) groups is 1. The number of nitrogens with zero attached hydrogens (tertiary/aromatic N) is 2. The molecule has 0 N–H and O–H groups in total. The summed E-state index contributed by atoms with van der Waals surface area (Å²) in [4.78, 5) is 16.9. The summed E-state index contributed by atoms with van der Waals surface area (Å²) in [5.41, 5.74) is 2.34. The highest BCUT2D eigenvalue weighted by atomic mass is 16.5. The lowest BCUT2D eigenvalue weighted by Crippen LogP contribution is -2.45. The summed E-state index contributed by atoms with van der Waals surface area (Å²) in [5.74, 6) is 1.14. The summed E-state index contributed by atoms with van der Waals surface area (Å²) >= 11 is 0. The molecular formula is C19H30N2O2. The number of hydrogen-bond donors (Lipinski definition) is 0. The first kappa shape index (κ1) is 17.8. The molecule has 1 saturated heterocycles. The molecule has 1 aliphatic heterocycles. The lowest BCUT2D eigenvalue weighted by molar-refractivity contribution is -0.136. The van der Waals surface area contributed by atoms with Crippen molar-refractivity contribution in [2.24, 2.45) is 0 Å². The van der Waals surface area contributed by atoms with Crippen LogP contribution in [-0.2, 0) is 11.3 Å². The van der Waals surface area contributed by atoms with Gasteiger partial charge in [-0.25, -0.2) is 0 Å². The smallest absolute Gasteiger partial charge is 0.239 e. The third kappa shape index (κ3) is 4.71. The molecule has 1 amide bonds. The third-order valence-corrected chi connectivity index (χ3v) is 4.79. The minimum absolute atomic E-state index is 0.113. The van der Waals surface area contributed by atoms with E-state index in [1.807, 2.05) is 31.0 Å². The van der Waals surface area contributed by atoms with E-state index in [0.29, 0.717) is 6.54 Å². The van der Waals surface area contributed by atoms with Crippen LogP contribution in [-0.4, -0.2) is 49.0 Å². The Kier molecular flexibility index (Phi) is 6.46. The molecule has 0 aromatic heterocycles. The predicted molar refractivity (Wildman–Crippen MR) is 93.7 cm³/mol. The van der Waals surface area contributed by atoms with Crippen LogP contribution in [0.2, 0.25) is 0 Å². The minimum atomic E-state index is -0.113. The van der Waals surface area contributed by atoms with Gasteiger partial charge in [0, 0.05) is 25.2 Å². The van der Waals surface area contributed by atoms with Gasteiger partial charge in [0.25, 0.3) is 0 Å². The van der Waals surface area contributed by atoms with Crippen molar-refractivity contribution in [2.45, 2.75) is 52.1 Å². The molecule has 2 rings (SSSR count). The maximum absolute atomic E-state index is 12.8. The van der Waals surface area contributed by atoms with Crippen LogP contribution in [0.1, 0.15) is 43.7 Å². The molecule has 1 aromatic rings. The number of amides is 1. The largest absolute Gasteiger partial charge is 0.496 e. The first-order chi connectivity index (χ1) is 11.0. The molecule has 0 aliphatic carbocycles. The van der Waals surface area contributed by atoms with Crippen LogP contribution in [0, 0.1) is 6.92 Å². The Balaban J connectivity index is 2.02. The molecular weight excluding hydrogens is 288 g/mol. The van der Waals surface area contributed by atoms with Crippen molar-refractivity contribution in [3.8, 4) is 5.75 Å². The lowest BCUT2D eigenvalue weighted by Gasteiger charge is -2.30. The van der Waals surface area contributed by atoms with Crippen LogP contribution in [0.3, 0.4) is 0 Å². The van der Waals surface area contributed by atoms with Crippen LogP contribution in [0.25, 0.3) is 0 Å². The molecule has 0 saturated carbocycles. The summed E-state index contributed by atoms with van der Waals surface area (Å²) in [5, 5.41) is 0. The standard InChI is InChI=1S/C19H30N2O2/c1-15-9-10-18(23-4)17(13-15)14-20(3)16(2)19(22)21-11-7-5-6-8-12-21/h9-10,13,16H,5-8,11-12,14H2,1-4H3. The zero-order valence-electron chi connectivity index (χ0n) is 15.0. The van der Waals surface area contributed by atoms with Crippen molar-refractivity contribution in [1.82, 2.24) is 9.80 Å². The van der Waals surface area contributed by atoms with Crippen LogP contribution in [0.4, 0.5) is 0 Å². The number of ether oxygens (including phenoxy) is 1. The number of rotatable bonds is 5. The van der Waals surface area contributed by atoms with Gasteiger partial charge < -0.3 is 9.64 Å². The maximum Gasteiger partial charge on any atom is 0.239 e. The van der Waals surface area contributed by atoms with Gasteiger partial charge in [0.05, 0.1) is 13.2 Å². The summed E-state index contributed by atoms with van der Waals surface area (Å²) in [6.07, 6.45) is 4.75. The van der Waals surface area contributed by atoms with E-state index >= 15 is 0 Å². The maximum atomic E-state index is 12.8. The number of aryl methyl sites for hydroxylation is 1. The van der Waals surface area contributed by atoms with Gasteiger partial charge in [-0.05, 0) is 39.8 Å². The molecule has 0 spiro atoms. The molecule has 1 fully saturated rings. The SMILES string of the molecule is COc1ccc(C)cc1CN(C)C(C)C(=O)N1CCCCCC1. The van der Waals surface area contributed by atoms with Gasteiger partial charge in [0.1, 0.15) is 5.75 Å². The Bertz CT molecular complexity index is 522. The van der Waals surface area contributed by atoms with Crippen molar-refractivity contribution < 1.29 is 9.53 Å². The number of hydrogen-bond acceptors (Lipinski definition) is 3. The second kappa shape index (κ2) is 8.34. The Hall–Kier alpha value is -1.55. The minimum Gasteiger partial charge on any atom is -0.496 e. The monoisotopic (exact) mass is 318 g/mol. The Morgan fingerprint density at radius 2 is 1.91 bits per heavy atom. The highest BCUT2D eigenvalue weighted by molar-refractivity contribution is 5.81. The molecule has 4 nitrogen and oxygen atoms in total. The van der Waals surface area contributed by atoms with Gasteiger partial charge in [0.15, 0.2) is 0 Å². The number of carbonyl (C=O) groups excluding carboxylic acids is 1. The van der Waals surface area contributed by atoms with E-state index in [0.717, 1.165) is 37.2 Å². The second-order valence-corrected chi connectivity index (χ2v) is 6.65. The summed E-state index contributed by atoms with van der Waals surface area (Å²) in [6.45, 7) is 6.62. The molecule has 0 bridgehead atoms. The zero-order chi connectivity index (χ0) is 16.8. The van der Waals surface area contributed by atoms with Crippen molar-refractivity contribution in [3.63, 3.8) is 0 Å². The van der Waals surface area contributed by atoms with E-state index in [9.17, 15) is 4.79 Å². The highest BCUT2D eigenvalue weighted by Gasteiger charge is 2.25. The molecule has 0 radical (unpaired) electrons. The average molecular weight is 318 g/mol. The van der Waals surface area contributed by atoms with Crippen LogP contribution in [0.15, 0.2) is 18.2 Å². The van der Waals surface area contributed by atoms with Gasteiger partial charge in [0.2, 0.25) is 5.91 Å². The fourth-order valence-corrected chi connectivity index (χ4v) is 3.18.